The summed E-state index contributed by atoms with van der Waals surface area (Å²) in [5.41, 5.74) is 3.03. The maximum Gasteiger partial charge on any atom is 0.181 e. The predicted octanol–water partition coefficient (Wildman–Crippen LogP) is 1.56. The van der Waals surface area contributed by atoms with Crippen LogP contribution in [0.4, 0.5) is 0 Å². The third-order valence-electron chi connectivity index (χ3n) is 6.69. The van der Waals surface area contributed by atoms with Crippen LogP contribution in [-0.2, 0) is 25.9 Å². The first-order chi connectivity index (χ1) is 15.8. The van der Waals surface area contributed by atoms with Crippen LogP contribution in [0.1, 0.15) is 115 Å². The molecular formula is C30H50Br2N2. The van der Waals surface area contributed by atoms with E-state index in [0.717, 1.165) is 13.1 Å². The van der Waals surface area contributed by atoms with Crippen molar-refractivity contribution in [3.8, 4) is 0 Å². The molecule has 0 N–H and O–H groups in total. The van der Waals surface area contributed by atoms with Gasteiger partial charge >= 0.3 is 0 Å². The van der Waals surface area contributed by atoms with Gasteiger partial charge in [-0.25, -0.2) is 9.13 Å². The Morgan fingerprint density at radius 3 is 1.26 bits per heavy atom. The monoisotopic (exact) mass is 596 g/mol. The largest absolute Gasteiger partial charge is 1.00 e. The zero-order valence-electron chi connectivity index (χ0n) is 22.0. The zero-order valence-corrected chi connectivity index (χ0v) is 25.2. The number of halogens is 2. The van der Waals surface area contributed by atoms with Gasteiger partial charge in [-0.1, -0.05) is 90.2 Å². The molecule has 0 bridgehead atoms. The fraction of sp³-hybridized carbons (Fsp3) is 0.667. The molecule has 2 nitrogen and oxygen atoms in total. The van der Waals surface area contributed by atoms with E-state index in [4.69, 9.17) is 0 Å². The quantitative estimate of drug-likeness (QED) is 0.172. The molecule has 2 aromatic heterocycles. The molecule has 0 amide bonds. The summed E-state index contributed by atoms with van der Waals surface area (Å²) in [5, 5.41) is 0. The second kappa shape index (κ2) is 22.7. The molecule has 2 heterocycles. The van der Waals surface area contributed by atoms with E-state index < -0.39 is 0 Å². The molecule has 0 atom stereocenters. The van der Waals surface area contributed by atoms with Crippen LogP contribution in [0.2, 0.25) is 0 Å². The number of unbranched alkanes of at least 4 members (excludes halogenated alkanes) is 11. The van der Waals surface area contributed by atoms with Gasteiger partial charge in [-0.2, -0.15) is 0 Å². The second-order valence-electron chi connectivity index (χ2n) is 9.51. The van der Waals surface area contributed by atoms with Gasteiger partial charge in [-0.3, -0.25) is 0 Å². The van der Waals surface area contributed by atoms with Crippen LogP contribution < -0.4 is 43.1 Å². The highest BCUT2D eigenvalue weighted by Crippen LogP contribution is 2.09. The Hall–Kier alpha value is -0.740. The molecule has 0 aromatic carbocycles. The first kappa shape index (κ1) is 33.3. The van der Waals surface area contributed by atoms with Crippen LogP contribution in [0, 0.1) is 0 Å². The van der Waals surface area contributed by atoms with Crippen LogP contribution >= 0.6 is 0 Å². The van der Waals surface area contributed by atoms with Gasteiger partial charge in [0.05, 0.1) is 0 Å². The molecular weight excluding hydrogens is 548 g/mol. The Labute approximate surface area is 232 Å². The summed E-state index contributed by atoms with van der Waals surface area (Å²) in [4.78, 5) is 0. The van der Waals surface area contributed by atoms with Crippen LogP contribution in [0.3, 0.4) is 0 Å². The lowest BCUT2D eigenvalue weighted by Crippen LogP contribution is -3.00. The fourth-order valence-corrected chi connectivity index (χ4v) is 4.65. The Kier molecular flexibility index (Phi) is 22.2. The molecule has 2 rings (SSSR count). The molecule has 0 saturated heterocycles. The van der Waals surface area contributed by atoms with Crippen molar-refractivity contribution >= 4 is 0 Å². The molecule has 2 aromatic rings. The van der Waals surface area contributed by atoms with E-state index in [2.05, 4.69) is 71.8 Å². The number of pyridine rings is 2. The van der Waals surface area contributed by atoms with Crippen molar-refractivity contribution in [1.29, 1.82) is 0 Å². The molecule has 0 fully saturated rings. The minimum Gasteiger partial charge on any atom is -1.00 e. The lowest BCUT2D eigenvalue weighted by atomic mass is 10.1. The van der Waals surface area contributed by atoms with Gasteiger partial charge in [0.25, 0.3) is 0 Å². The van der Waals surface area contributed by atoms with E-state index in [-0.39, 0.29) is 34.0 Å². The topological polar surface area (TPSA) is 7.76 Å². The second-order valence-corrected chi connectivity index (χ2v) is 9.51. The van der Waals surface area contributed by atoms with E-state index in [1.165, 1.54) is 114 Å². The zero-order chi connectivity index (χ0) is 22.7. The maximum atomic E-state index is 2.50. The number of nitrogens with zero attached hydrogens (tertiary/aromatic N) is 2. The summed E-state index contributed by atoms with van der Waals surface area (Å²) < 4.78 is 5.00. The van der Waals surface area contributed by atoms with Crippen LogP contribution in [0.5, 0.6) is 0 Å². The molecule has 0 aliphatic carbocycles. The van der Waals surface area contributed by atoms with Crippen molar-refractivity contribution in [2.24, 2.45) is 0 Å². The predicted molar refractivity (Wildman–Crippen MR) is 137 cm³/mol. The lowest BCUT2D eigenvalue weighted by Gasteiger charge is -2.06. The number of hydrogen-bond donors (Lipinski definition) is 0. The summed E-state index contributed by atoms with van der Waals surface area (Å²) in [7, 11) is 0. The number of hydrogen-bond acceptors (Lipinski definition) is 0. The minimum absolute atomic E-state index is 0. The standard InChI is InChI=1S/C30H50N2.2BrH/c1-3-5-7-9-11-13-21-29-23-15-17-25-31(29)27-19-20-28-32-26-18-16-24-30(32)22-14-12-10-8-6-4-2;;/h15-18,23-26H,3-14,19-22,27-28H2,1-2H3;2*1H/q+2;;/p-2. The highest BCUT2D eigenvalue weighted by molar-refractivity contribution is 4.98. The average Bonchev–Trinajstić information content (AvgIpc) is 2.82. The maximum absolute atomic E-state index is 2.50. The minimum atomic E-state index is 0. The Morgan fingerprint density at radius 2 is 0.853 bits per heavy atom. The molecule has 34 heavy (non-hydrogen) atoms. The van der Waals surface area contributed by atoms with E-state index in [9.17, 15) is 0 Å². The van der Waals surface area contributed by atoms with E-state index in [1.807, 2.05) is 0 Å². The normalized spacial score (nSPS) is 10.5. The summed E-state index contributed by atoms with van der Waals surface area (Å²) in [6.45, 7) is 6.87. The Balaban J connectivity index is 0.00000544. The van der Waals surface area contributed by atoms with Gasteiger partial charge in [0, 0.05) is 49.9 Å². The molecule has 0 spiro atoms. The Bertz CT molecular complexity index is 659. The van der Waals surface area contributed by atoms with Crippen LogP contribution in [0.15, 0.2) is 48.8 Å². The number of aromatic nitrogens is 2. The summed E-state index contributed by atoms with van der Waals surface area (Å²) in [6, 6.07) is 13.5. The summed E-state index contributed by atoms with van der Waals surface area (Å²) in [5.74, 6) is 0. The molecule has 0 saturated carbocycles. The van der Waals surface area contributed by atoms with Crippen molar-refractivity contribution in [3.05, 3.63) is 60.2 Å². The smallest absolute Gasteiger partial charge is 0.181 e. The third-order valence-corrected chi connectivity index (χ3v) is 6.69. The van der Waals surface area contributed by atoms with E-state index in [1.54, 1.807) is 0 Å². The lowest BCUT2D eigenvalue weighted by molar-refractivity contribution is -0.715. The van der Waals surface area contributed by atoms with Gasteiger partial charge in [-0.05, 0) is 12.8 Å². The Morgan fingerprint density at radius 1 is 0.471 bits per heavy atom. The van der Waals surface area contributed by atoms with E-state index in [0.29, 0.717) is 0 Å². The highest BCUT2D eigenvalue weighted by Gasteiger charge is 2.12. The number of aryl methyl sites for hydroxylation is 4. The SMILES string of the molecule is CCCCCCCCc1cccc[n+]1CCCC[n+]1ccccc1CCCCCCCC.[Br-].[Br-]. The van der Waals surface area contributed by atoms with Crippen molar-refractivity contribution in [2.45, 2.75) is 130 Å². The summed E-state index contributed by atoms with van der Waals surface area (Å²) >= 11 is 0. The molecule has 0 unspecified atom stereocenters. The van der Waals surface area contributed by atoms with Gasteiger partial charge < -0.3 is 34.0 Å². The number of rotatable bonds is 19. The first-order valence-electron chi connectivity index (χ1n) is 13.8. The summed E-state index contributed by atoms with van der Waals surface area (Å²) in [6.07, 6.45) is 26.0. The van der Waals surface area contributed by atoms with Gasteiger partial charge in [-0.15, -0.1) is 0 Å². The molecule has 194 valence electrons. The van der Waals surface area contributed by atoms with Crippen molar-refractivity contribution in [1.82, 2.24) is 0 Å². The van der Waals surface area contributed by atoms with Gasteiger partial charge in [0.1, 0.15) is 13.1 Å². The van der Waals surface area contributed by atoms with Crippen molar-refractivity contribution in [2.75, 3.05) is 0 Å². The third kappa shape index (κ3) is 14.6. The highest BCUT2D eigenvalue weighted by atomic mass is 79.9. The van der Waals surface area contributed by atoms with Crippen molar-refractivity contribution < 1.29 is 43.1 Å². The van der Waals surface area contributed by atoms with Crippen LogP contribution in [-0.4, -0.2) is 0 Å². The molecule has 0 aliphatic rings. The first-order valence-corrected chi connectivity index (χ1v) is 13.8. The molecule has 0 aliphatic heterocycles. The average molecular weight is 599 g/mol. The molecule has 0 radical (unpaired) electrons. The van der Waals surface area contributed by atoms with Gasteiger partial charge in [0.15, 0.2) is 23.8 Å². The van der Waals surface area contributed by atoms with Crippen molar-refractivity contribution in [3.63, 3.8) is 0 Å². The molecule has 4 heteroatoms. The van der Waals surface area contributed by atoms with Gasteiger partial charge in [0.2, 0.25) is 0 Å². The van der Waals surface area contributed by atoms with Crippen LogP contribution in [0.25, 0.3) is 0 Å². The van der Waals surface area contributed by atoms with E-state index >= 15 is 0 Å². The fourth-order valence-electron chi connectivity index (χ4n) is 4.65.